The van der Waals surface area contributed by atoms with E-state index in [1.807, 2.05) is 56.3 Å². The molecule has 3 heterocycles. The van der Waals surface area contributed by atoms with Crippen LogP contribution in [0.1, 0.15) is 33.6 Å². The lowest BCUT2D eigenvalue weighted by molar-refractivity contribution is -0.155. The third kappa shape index (κ3) is 3.62. The van der Waals surface area contributed by atoms with Gasteiger partial charge >= 0.3 is 5.97 Å². The molecule has 2 bridgehead atoms. The van der Waals surface area contributed by atoms with Crippen molar-refractivity contribution < 1.29 is 29.0 Å². The highest BCUT2D eigenvalue weighted by atomic mass is 16.6. The van der Waals surface area contributed by atoms with Gasteiger partial charge in [-0.2, -0.15) is 0 Å². The summed E-state index contributed by atoms with van der Waals surface area (Å²) >= 11 is 0. The molecule has 3 saturated heterocycles. The quantitative estimate of drug-likeness (QED) is 0.591. The fraction of sp³-hybridized carbons (Fsp3) is 0.519. The standard InChI is InChI=1S/C27H32N2O6/c1-4-34-26(33)21-20-11-12-27(35-20)22(21)25(32)29(19(14-30)15(2)3)23(27)24(31)28-18-10-9-16-7-5-6-8-17(16)13-18/h5-10,13,15,19-23,30H,4,11-12,14H2,1-3H3,(H,28,31)/t19-,20+,21-,22-,23+,27-/m0/s1. The number of hydrogen-bond acceptors (Lipinski definition) is 6. The van der Waals surface area contributed by atoms with Crippen LogP contribution in [0.3, 0.4) is 0 Å². The molecule has 0 saturated carbocycles. The maximum atomic E-state index is 13.9. The first kappa shape index (κ1) is 23.8. The Morgan fingerprint density at radius 2 is 1.97 bits per heavy atom. The number of ether oxygens (including phenoxy) is 2. The van der Waals surface area contributed by atoms with Crippen molar-refractivity contribution in [1.82, 2.24) is 4.90 Å². The number of fused-ring (bicyclic) bond motifs is 2. The number of aliphatic hydroxyl groups is 1. The van der Waals surface area contributed by atoms with E-state index in [0.29, 0.717) is 18.5 Å². The van der Waals surface area contributed by atoms with Crippen molar-refractivity contribution in [3.05, 3.63) is 42.5 Å². The number of carbonyl (C=O) groups excluding carboxylic acids is 3. The summed E-state index contributed by atoms with van der Waals surface area (Å²) in [5.74, 6) is -2.81. The summed E-state index contributed by atoms with van der Waals surface area (Å²) in [6, 6.07) is 12.0. The van der Waals surface area contributed by atoms with Crippen molar-refractivity contribution in [2.24, 2.45) is 17.8 Å². The third-order valence-corrected chi connectivity index (χ3v) is 7.88. The summed E-state index contributed by atoms with van der Waals surface area (Å²) in [6.07, 6.45) is 0.617. The summed E-state index contributed by atoms with van der Waals surface area (Å²) in [4.78, 5) is 42.1. The van der Waals surface area contributed by atoms with E-state index in [1.54, 1.807) is 6.92 Å². The molecular formula is C27H32N2O6. The number of nitrogens with zero attached hydrogens (tertiary/aromatic N) is 1. The molecule has 3 fully saturated rings. The minimum absolute atomic E-state index is 0.103. The van der Waals surface area contributed by atoms with Crippen LogP contribution in [0, 0.1) is 17.8 Å². The Labute approximate surface area is 204 Å². The van der Waals surface area contributed by atoms with Crippen LogP contribution in [0.2, 0.25) is 0 Å². The largest absolute Gasteiger partial charge is 0.466 e. The highest BCUT2D eigenvalue weighted by Gasteiger charge is 2.75. The Bertz CT molecular complexity index is 1170. The molecule has 0 aliphatic carbocycles. The molecule has 8 heteroatoms. The minimum atomic E-state index is -1.12. The number of esters is 1. The number of rotatable bonds is 7. The van der Waals surface area contributed by atoms with Crippen LogP contribution in [0.4, 0.5) is 5.69 Å². The van der Waals surface area contributed by atoms with Crippen molar-refractivity contribution in [1.29, 1.82) is 0 Å². The molecule has 2 aromatic carbocycles. The average molecular weight is 481 g/mol. The molecule has 2 N–H and O–H groups in total. The van der Waals surface area contributed by atoms with E-state index in [9.17, 15) is 19.5 Å². The molecule has 3 aliphatic heterocycles. The molecule has 8 nitrogen and oxygen atoms in total. The van der Waals surface area contributed by atoms with Crippen molar-refractivity contribution in [2.75, 3.05) is 18.5 Å². The monoisotopic (exact) mass is 480 g/mol. The second-order valence-corrected chi connectivity index (χ2v) is 10.1. The van der Waals surface area contributed by atoms with Crippen LogP contribution in [0.5, 0.6) is 0 Å². The number of anilines is 1. The zero-order chi connectivity index (χ0) is 24.9. The second-order valence-electron chi connectivity index (χ2n) is 10.1. The summed E-state index contributed by atoms with van der Waals surface area (Å²) in [5.41, 5.74) is -0.511. The smallest absolute Gasteiger partial charge is 0.312 e. The first-order chi connectivity index (χ1) is 16.8. The first-order valence-electron chi connectivity index (χ1n) is 12.4. The van der Waals surface area contributed by atoms with Gasteiger partial charge in [-0.25, -0.2) is 0 Å². The Kier molecular flexibility index (Phi) is 6.05. The van der Waals surface area contributed by atoms with Gasteiger partial charge < -0.3 is 24.8 Å². The molecule has 2 aromatic rings. The van der Waals surface area contributed by atoms with E-state index < -0.39 is 41.6 Å². The summed E-state index contributed by atoms with van der Waals surface area (Å²) in [6.45, 7) is 5.44. The molecule has 0 aromatic heterocycles. The second kappa shape index (κ2) is 8.91. The average Bonchev–Trinajstić information content (AvgIpc) is 3.47. The van der Waals surface area contributed by atoms with Gasteiger partial charge in [-0.3, -0.25) is 14.4 Å². The summed E-state index contributed by atoms with van der Waals surface area (Å²) in [5, 5.41) is 15.2. The minimum Gasteiger partial charge on any atom is -0.466 e. The molecule has 35 heavy (non-hydrogen) atoms. The predicted octanol–water partition coefficient (Wildman–Crippen LogP) is 2.73. The van der Waals surface area contributed by atoms with Crippen molar-refractivity contribution in [3.8, 4) is 0 Å². The topological polar surface area (TPSA) is 105 Å². The van der Waals surface area contributed by atoms with E-state index in [2.05, 4.69) is 5.32 Å². The van der Waals surface area contributed by atoms with Crippen molar-refractivity contribution >= 4 is 34.2 Å². The van der Waals surface area contributed by atoms with Gasteiger partial charge in [0, 0.05) is 5.69 Å². The molecular weight excluding hydrogens is 448 g/mol. The maximum Gasteiger partial charge on any atom is 0.312 e. The molecule has 186 valence electrons. The first-order valence-corrected chi connectivity index (χ1v) is 12.4. The number of likely N-dealkylation sites (tertiary alicyclic amines) is 1. The number of nitrogens with one attached hydrogen (secondary N) is 1. The van der Waals surface area contributed by atoms with Crippen LogP contribution in [0.15, 0.2) is 42.5 Å². The lowest BCUT2D eigenvalue weighted by Gasteiger charge is -2.38. The number of hydrogen-bond donors (Lipinski definition) is 2. The fourth-order valence-corrected chi connectivity index (χ4v) is 6.35. The van der Waals surface area contributed by atoms with Crippen LogP contribution in [-0.2, 0) is 23.9 Å². The van der Waals surface area contributed by atoms with Gasteiger partial charge in [0.15, 0.2) is 0 Å². The van der Waals surface area contributed by atoms with Crippen LogP contribution in [-0.4, -0.2) is 64.8 Å². The van der Waals surface area contributed by atoms with E-state index in [-0.39, 0.29) is 30.9 Å². The molecule has 1 spiro atoms. The Hall–Kier alpha value is -2.97. The zero-order valence-electron chi connectivity index (χ0n) is 20.3. The number of aliphatic hydroxyl groups excluding tert-OH is 1. The molecule has 6 atom stereocenters. The lowest BCUT2D eigenvalue weighted by atomic mass is 9.70. The SMILES string of the molecule is CCOC(=O)[C@@H]1[C@H]2C(=O)N([C@@H](CO)C(C)C)[C@H](C(=O)Nc3ccc4ccccc4c3)[C@]23CC[C@H]1O3. The van der Waals surface area contributed by atoms with Gasteiger partial charge in [-0.1, -0.05) is 44.2 Å². The third-order valence-electron chi connectivity index (χ3n) is 7.88. The van der Waals surface area contributed by atoms with Gasteiger partial charge in [-0.15, -0.1) is 0 Å². The van der Waals surface area contributed by atoms with Gasteiger partial charge in [0.1, 0.15) is 11.6 Å². The molecule has 5 rings (SSSR count). The number of benzene rings is 2. The number of carbonyl (C=O) groups is 3. The van der Waals surface area contributed by atoms with Gasteiger partial charge in [0.2, 0.25) is 11.8 Å². The van der Waals surface area contributed by atoms with Crippen molar-refractivity contribution in [3.63, 3.8) is 0 Å². The predicted molar refractivity (Wildman–Crippen MR) is 129 cm³/mol. The van der Waals surface area contributed by atoms with Crippen LogP contribution < -0.4 is 5.32 Å². The normalized spacial score (nSPS) is 30.1. The highest BCUT2D eigenvalue weighted by Crippen LogP contribution is 2.59. The fourth-order valence-electron chi connectivity index (χ4n) is 6.35. The van der Waals surface area contributed by atoms with E-state index in [0.717, 1.165) is 10.8 Å². The maximum absolute atomic E-state index is 13.9. The Morgan fingerprint density at radius 1 is 1.23 bits per heavy atom. The number of amides is 2. The van der Waals surface area contributed by atoms with E-state index in [1.165, 1.54) is 4.90 Å². The highest BCUT2D eigenvalue weighted by molar-refractivity contribution is 6.04. The summed E-state index contributed by atoms with van der Waals surface area (Å²) < 4.78 is 11.7. The van der Waals surface area contributed by atoms with Gasteiger partial charge in [0.25, 0.3) is 0 Å². The lowest BCUT2D eigenvalue weighted by Crippen LogP contribution is -2.57. The van der Waals surface area contributed by atoms with Gasteiger partial charge in [-0.05, 0) is 48.6 Å². The molecule has 0 radical (unpaired) electrons. The summed E-state index contributed by atoms with van der Waals surface area (Å²) in [7, 11) is 0. The zero-order valence-corrected chi connectivity index (χ0v) is 20.3. The Morgan fingerprint density at radius 3 is 2.66 bits per heavy atom. The van der Waals surface area contributed by atoms with E-state index in [4.69, 9.17) is 9.47 Å². The van der Waals surface area contributed by atoms with Crippen LogP contribution >= 0.6 is 0 Å². The van der Waals surface area contributed by atoms with Gasteiger partial charge in [0.05, 0.1) is 37.2 Å². The molecule has 0 unspecified atom stereocenters. The Balaban J connectivity index is 1.54. The van der Waals surface area contributed by atoms with Crippen LogP contribution in [0.25, 0.3) is 10.8 Å². The molecule has 3 aliphatic rings. The molecule has 2 amide bonds. The van der Waals surface area contributed by atoms with Crippen molar-refractivity contribution in [2.45, 2.75) is 57.4 Å². The van der Waals surface area contributed by atoms with E-state index >= 15 is 0 Å².